The summed E-state index contributed by atoms with van der Waals surface area (Å²) >= 11 is 0. The van der Waals surface area contributed by atoms with Gasteiger partial charge in [0.2, 0.25) is 0 Å². The maximum absolute atomic E-state index is 12.1. The van der Waals surface area contributed by atoms with E-state index in [1.165, 1.54) is 11.1 Å². The Morgan fingerprint density at radius 2 is 1.58 bits per heavy atom. The lowest BCUT2D eigenvalue weighted by atomic mass is 10.1. The van der Waals surface area contributed by atoms with Crippen LogP contribution in [0.25, 0.3) is 0 Å². The van der Waals surface area contributed by atoms with E-state index in [0.29, 0.717) is 11.3 Å². The lowest BCUT2D eigenvalue weighted by Crippen LogP contribution is -2.35. The predicted molar refractivity (Wildman–Crippen MR) is 76.0 cm³/mol. The fraction of sp³-hybridized carbons (Fsp3) is 0.188. The molecule has 1 amide bonds. The van der Waals surface area contributed by atoms with Crippen molar-refractivity contribution in [3.63, 3.8) is 0 Å². The number of rotatable bonds is 2. The summed E-state index contributed by atoms with van der Waals surface area (Å²) in [7, 11) is 0. The number of benzene rings is 2. The molecule has 96 valence electrons. The van der Waals surface area contributed by atoms with Crippen molar-refractivity contribution in [3.05, 3.63) is 65.2 Å². The number of hydrogen-bond acceptors (Lipinski definition) is 2. The van der Waals surface area contributed by atoms with Crippen LogP contribution < -0.4 is 11.1 Å². The summed E-state index contributed by atoms with van der Waals surface area (Å²) in [6.45, 7) is 0. The maximum atomic E-state index is 12.1. The van der Waals surface area contributed by atoms with Crippen LogP contribution in [0.1, 0.15) is 21.5 Å². The SMILES string of the molecule is Nc1ccc(C(=O)NC2Cc3ccccc3C2)cc1. The first-order chi connectivity index (χ1) is 9.22. The molecular formula is C16H16N2O. The molecule has 0 fully saturated rings. The number of anilines is 1. The molecule has 3 nitrogen and oxygen atoms in total. The third-order valence-electron chi connectivity index (χ3n) is 3.56. The number of carbonyl (C=O) groups excluding carboxylic acids is 1. The summed E-state index contributed by atoms with van der Waals surface area (Å²) in [5, 5.41) is 3.08. The van der Waals surface area contributed by atoms with E-state index < -0.39 is 0 Å². The average molecular weight is 252 g/mol. The molecule has 0 radical (unpaired) electrons. The van der Waals surface area contributed by atoms with Gasteiger partial charge in [-0.05, 0) is 48.2 Å². The van der Waals surface area contributed by atoms with Crippen LogP contribution in [0, 0.1) is 0 Å². The molecule has 19 heavy (non-hydrogen) atoms. The zero-order valence-corrected chi connectivity index (χ0v) is 10.6. The van der Waals surface area contributed by atoms with Crippen LogP contribution in [-0.4, -0.2) is 11.9 Å². The standard InChI is InChI=1S/C16H16N2O/c17-14-7-5-11(6-8-14)16(19)18-15-9-12-3-1-2-4-13(12)10-15/h1-8,15H,9-10,17H2,(H,18,19). The van der Waals surface area contributed by atoms with E-state index in [2.05, 4.69) is 17.4 Å². The monoisotopic (exact) mass is 252 g/mol. The molecule has 0 atom stereocenters. The van der Waals surface area contributed by atoms with Crippen molar-refractivity contribution in [1.82, 2.24) is 5.32 Å². The molecular weight excluding hydrogens is 236 g/mol. The van der Waals surface area contributed by atoms with Gasteiger partial charge in [-0.1, -0.05) is 24.3 Å². The Balaban J connectivity index is 1.67. The lowest BCUT2D eigenvalue weighted by Gasteiger charge is -2.12. The number of nitrogens with two attached hydrogens (primary N) is 1. The van der Waals surface area contributed by atoms with Gasteiger partial charge in [0.05, 0.1) is 0 Å². The second-order valence-corrected chi connectivity index (χ2v) is 4.97. The van der Waals surface area contributed by atoms with Gasteiger partial charge in [-0.25, -0.2) is 0 Å². The lowest BCUT2D eigenvalue weighted by molar-refractivity contribution is 0.0938. The Hall–Kier alpha value is -2.29. The Morgan fingerprint density at radius 1 is 1.00 bits per heavy atom. The van der Waals surface area contributed by atoms with E-state index in [4.69, 9.17) is 5.73 Å². The number of hydrogen-bond donors (Lipinski definition) is 2. The van der Waals surface area contributed by atoms with Crippen LogP contribution in [0.2, 0.25) is 0 Å². The van der Waals surface area contributed by atoms with Crippen LogP contribution in [0.5, 0.6) is 0 Å². The van der Waals surface area contributed by atoms with Gasteiger partial charge >= 0.3 is 0 Å². The van der Waals surface area contributed by atoms with Crippen LogP contribution in [-0.2, 0) is 12.8 Å². The number of carbonyl (C=O) groups is 1. The second-order valence-electron chi connectivity index (χ2n) is 4.97. The highest BCUT2D eigenvalue weighted by molar-refractivity contribution is 5.94. The van der Waals surface area contributed by atoms with Gasteiger partial charge in [0.25, 0.3) is 5.91 Å². The molecule has 1 aliphatic rings. The molecule has 3 N–H and O–H groups in total. The van der Waals surface area contributed by atoms with E-state index in [1.54, 1.807) is 24.3 Å². The van der Waals surface area contributed by atoms with Crippen LogP contribution >= 0.6 is 0 Å². The van der Waals surface area contributed by atoms with Crippen molar-refractivity contribution < 1.29 is 4.79 Å². The van der Waals surface area contributed by atoms with E-state index in [9.17, 15) is 4.79 Å². The maximum Gasteiger partial charge on any atom is 0.251 e. The Morgan fingerprint density at radius 3 is 2.16 bits per heavy atom. The molecule has 2 aromatic carbocycles. The van der Waals surface area contributed by atoms with E-state index in [1.807, 2.05) is 12.1 Å². The summed E-state index contributed by atoms with van der Waals surface area (Å²) in [5.41, 5.74) is 9.62. The average Bonchev–Trinajstić information content (AvgIpc) is 2.81. The quantitative estimate of drug-likeness (QED) is 0.805. The van der Waals surface area contributed by atoms with Gasteiger partial charge < -0.3 is 11.1 Å². The van der Waals surface area contributed by atoms with Gasteiger partial charge in [-0.2, -0.15) is 0 Å². The number of amides is 1. The largest absolute Gasteiger partial charge is 0.399 e. The first kappa shape index (κ1) is 11.8. The first-order valence-electron chi connectivity index (χ1n) is 6.45. The fourth-order valence-corrected chi connectivity index (χ4v) is 2.56. The summed E-state index contributed by atoms with van der Waals surface area (Å²) in [6, 6.07) is 15.6. The minimum absolute atomic E-state index is 0.0298. The third-order valence-corrected chi connectivity index (χ3v) is 3.56. The molecule has 3 heteroatoms. The highest BCUT2D eigenvalue weighted by Crippen LogP contribution is 2.21. The van der Waals surface area contributed by atoms with Crippen molar-refractivity contribution >= 4 is 11.6 Å². The highest BCUT2D eigenvalue weighted by atomic mass is 16.1. The molecule has 0 bridgehead atoms. The predicted octanol–water partition coefficient (Wildman–Crippen LogP) is 2.17. The van der Waals surface area contributed by atoms with E-state index in [0.717, 1.165) is 12.8 Å². The van der Waals surface area contributed by atoms with Crippen LogP contribution in [0.15, 0.2) is 48.5 Å². The number of nitrogens with one attached hydrogen (secondary N) is 1. The molecule has 1 aliphatic carbocycles. The molecule has 0 unspecified atom stereocenters. The van der Waals surface area contributed by atoms with Gasteiger partial charge in [0, 0.05) is 17.3 Å². The summed E-state index contributed by atoms with van der Waals surface area (Å²) < 4.78 is 0. The van der Waals surface area contributed by atoms with Crippen LogP contribution in [0.3, 0.4) is 0 Å². The van der Waals surface area contributed by atoms with Crippen molar-refractivity contribution in [1.29, 1.82) is 0 Å². The highest BCUT2D eigenvalue weighted by Gasteiger charge is 2.22. The summed E-state index contributed by atoms with van der Waals surface area (Å²) in [4.78, 5) is 12.1. The van der Waals surface area contributed by atoms with Gasteiger partial charge in [0.15, 0.2) is 0 Å². The summed E-state index contributed by atoms with van der Waals surface area (Å²) in [6.07, 6.45) is 1.83. The Kier molecular flexibility index (Phi) is 2.95. The molecule has 0 aliphatic heterocycles. The van der Waals surface area contributed by atoms with Crippen molar-refractivity contribution in [2.24, 2.45) is 0 Å². The molecule has 0 spiro atoms. The first-order valence-corrected chi connectivity index (χ1v) is 6.45. The molecule has 0 heterocycles. The fourth-order valence-electron chi connectivity index (χ4n) is 2.56. The number of fused-ring (bicyclic) bond motifs is 1. The smallest absolute Gasteiger partial charge is 0.251 e. The molecule has 2 aromatic rings. The zero-order chi connectivity index (χ0) is 13.2. The molecule has 0 saturated carbocycles. The summed E-state index contributed by atoms with van der Waals surface area (Å²) in [5.74, 6) is -0.0298. The minimum Gasteiger partial charge on any atom is -0.399 e. The van der Waals surface area contributed by atoms with Crippen molar-refractivity contribution in [3.8, 4) is 0 Å². The topological polar surface area (TPSA) is 55.1 Å². The van der Waals surface area contributed by atoms with E-state index in [-0.39, 0.29) is 11.9 Å². The normalized spacial score (nSPS) is 14.1. The third kappa shape index (κ3) is 2.45. The van der Waals surface area contributed by atoms with Gasteiger partial charge in [-0.3, -0.25) is 4.79 Å². The van der Waals surface area contributed by atoms with Crippen molar-refractivity contribution in [2.75, 3.05) is 5.73 Å². The molecule has 3 rings (SSSR count). The van der Waals surface area contributed by atoms with Crippen LogP contribution in [0.4, 0.5) is 5.69 Å². The number of nitrogen functional groups attached to an aromatic ring is 1. The minimum atomic E-state index is -0.0298. The van der Waals surface area contributed by atoms with Gasteiger partial charge in [-0.15, -0.1) is 0 Å². The Bertz CT molecular complexity index is 579. The van der Waals surface area contributed by atoms with E-state index >= 15 is 0 Å². The molecule has 0 aromatic heterocycles. The Labute approximate surface area is 112 Å². The van der Waals surface area contributed by atoms with Crippen molar-refractivity contribution in [2.45, 2.75) is 18.9 Å². The second kappa shape index (κ2) is 4.76. The van der Waals surface area contributed by atoms with Gasteiger partial charge in [0.1, 0.15) is 0 Å². The molecule has 0 saturated heterocycles. The zero-order valence-electron chi connectivity index (χ0n) is 10.6.